The zero-order valence-electron chi connectivity index (χ0n) is 11.2. The van der Waals surface area contributed by atoms with Crippen molar-refractivity contribution < 1.29 is 8.78 Å². The summed E-state index contributed by atoms with van der Waals surface area (Å²) in [7, 11) is 0. The second-order valence-corrected chi connectivity index (χ2v) is 5.65. The van der Waals surface area contributed by atoms with Crippen molar-refractivity contribution in [2.45, 2.75) is 12.8 Å². The SMILES string of the molecule is Fc1cccc(F)c1-c1csc(CCc2ccccc2)n1. The van der Waals surface area contributed by atoms with Gasteiger partial charge >= 0.3 is 0 Å². The predicted octanol–water partition coefficient (Wildman–Crippen LogP) is 4.87. The first-order chi connectivity index (χ1) is 10.2. The summed E-state index contributed by atoms with van der Waals surface area (Å²) in [6.07, 6.45) is 1.64. The molecular weight excluding hydrogens is 288 g/mol. The molecule has 0 aliphatic heterocycles. The van der Waals surface area contributed by atoms with Gasteiger partial charge in [0.15, 0.2) is 0 Å². The molecule has 0 spiro atoms. The van der Waals surface area contributed by atoms with Crippen LogP contribution in [0.5, 0.6) is 0 Å². The molecule has 0 unspecified atom stereocenters. The van der Waals surface area contributed by atoms with E-state index in [2.05, 4.69) is 17.1 Å². The van der Waals surface area contributed by atoms with E-state index in [0.29, 0.717) is 5.69 Å². The lowest BCUT2D eigenvalue weighted by Crippen LogP contribution is -1.92. The molecule has 0 bridgehead atoms. The molecule has 1 aromatic heterocycles. The highest BCUT2D eigenvalue weighted by atomic mass is 32.1. The molecule has 0 saturated heterocycles. The minimum Gasteiger partial charge on any atom is -0.241 e. The molecule has 0 aliphatic carbocycles. The Balaban J connectivity index is 1.78. The fourth-order valence-corrected chi connectivity index (χ4v) is 2.97. The van der Waals surface area contributed by atoms with Gasteiger partial charge in [0.25, 0.3) is 0 Å². The maximum Gasteiger partial charge on any atom is 0.135 e. The molecule has 21 heavy (non-hydrogen) atoms. The van der Waals surface area contributed by atoms with Gasteiger partial charge in [-0.2, -0.15) is 0 Å². The van der Waals surface area contributed by atoms with Gasteiger partial charge < -0.3 is 0 Å². The Hall–Kier alpha value is -2.07. The van der Waals surface area contributed by atoms with E-state index in [4.69, 9.17) is 0 Å². The standard InChI is InChI=1S/C17H13F2NS/c18-13-7-4-8-14(19)17(13)15-11-21-16(20-15)10-9-12-5-2-1-3-6-12/h1-8,11H,9-10H2. The fraction of sp³-hybridized carbons (Fsp3) is 0.118. The average Bonchev–Trinajstić information content (AvgIpc) is 2.95. The normalized spacial score (nSPS) is 10.8. The second kappa shape index (κ2) is 6.14. The minimum absolute atomic E-state index is 0.0419. The summed E-state index contributed by atoms with van der Waals surface area (Å²) >= 11 is 1.44. The zero-order valence-corrected chi connectivity index (χ0v) is 12.0. The summed E-state index contributed by atoms with van der Waals surface area (Å²) in [5.74, 6) is -1.15. The van der Waals surface area contributed by atoms with E-state index in [-0.39, 0.29) is 5.56 Å². The van der Waals surface area contributed by atoms with Crippen LogP contribution in [-0.4, -0.2) is 4.98 Å². The first kappa shape index (κ1) is 13.9. The van der Waals surface area contributed by atoms with Crippen molar-refractivity contribution in [1.82, 2.24) is 4.98 Å². The van der Waals surface area contributed by atoms with E-state index in [1.807, 2.05) is 18.2 Å². The van der Waals surface area contributed by atoms with E-state index in [1.54, 1.807) is 5.38 Å². The highest BCUT2D eigenvalue weighted by Gasteiger charge is 2.14. The number of thiazole rings is 1. The van der Waals surface area contributed by atoms with Crippen molar-refractivity contribution in [1.29, 1.82) is 0 Å². The quantitative estimate of drug-likeness (QED) is 0.669. The molecule has 4 heteroatoms. The van der Waals surface area contributed by atoms with Gasteiger partial charge in [0.05, 0.1) is 16.3 Å². The van der Waals surface area contributed by atoms with Gasteiger partial charge in [-0.1, -0.05) is 36.4 Å². The smallest absolute Gasteiger partial charge is 0.135 e. The van der Waals surface area contributed by atoms with Gasteiger partial charge in [0.1, 0.15) is 11.6 Å². The number of benzene rings is 2. The molecule has 0 atom stereocenters. The summed E-state index contributed by atoms with van der Waals surface area (Å²) in [6.45, 7) is 0. The second-order valence-electron chi connectivity index (χ2n) is 4.71. The van der Waals surface area contributed by atoms with Crippen LogP contribution in [0.2, 0.25) is 0 Å². The Labute approximate surface area is 125 Å². The number of aromatic nitrogens is 1. The monoisotopic (exact) mass is 301 g/mol. The molecule has 0 radical (unpaired) electrons. The summed E-state index contributed by atoms with van der Waals surface area (Å²) in [5.41, 5.74) is 1.56. The van der Waals surface area contributed by atoms with Gasteiger partial charge in [-0.3, -0.25) is 0 Å². The lowest BCUT2D eigenvalue weighted by Gasteiger charge is -2.01. The fourth-order valence-electron chi connectivity index (χ4n) is 2.18. The van der Waals surface area contributed by atoms with Crippen LogP contribution in [-0.2, 0) is 12.8 Å². The van der Waals surface area contributed by atoms with E-state index in [0.717, 1.165) is 17.8 Å². The van der Waals surface area contributed by atoms with Crippen molar-refractivity contribution in [3.8, 4) is 11.3 Å². The molecule has 1 heterocycles. The molecule has 0 aliphatic rings. The Morgan fingerprint density at radius 2 is 1.57 bits per heavy atom. The summed E-state index contributed by atoms with van der Waals surface area (Å²) in [5, 5.41) is 2.60. The van der Waals surface area contributed by atoms with Crippen LogP contribution >= 0.6 is 11.3 Å². The van der Waals surface area contributed by atoms with Crippen molar-refractivity contribution >= 4 is 11.3 Å². The third-order valence-corrected chi connectivity index (χ3v) is 4.15. The Bertz CT molecular complexity index is 717. The van der Waals surface area contributed by atoms with Crippen LogP contribution in [0.4, 0.5) is 8.78 Å². The summed E-state index contributed by atoms with van der Waals surface area (Å²) in [4.78, 5) is 4.36. The molecule has 106 valence electrons. The maximum absolute atomic E-state index is 13.7. The van der Waals surface area contributed by atoms with Gasteiger partial charge in [-0.05, 0) is 24.1 Å². The Kier molecular flexibility index (Phi) is 4.06. The average molecular weight is 301 g/mol. The lowest BCUT2D eigenvalue weighted by atomic mass is 10.1. The predicted molar refractivity (Wildman–Crippen MR) is 81.3 cm³/mol. The maximum atomic E-state index is 13.7. The molecule has 0 N–H and O–H groups in total. The van der Waals surface area contributed by atoms with Crippen LogP contribution < -0.4 is 0 Å². The van der Waals surface area contributed by atoms with Gasteiger partial charge in [0.2, 0.25) is 0 Å². The first-order valence-corrected chi connectivity index (χ1v) is 7.55. The molecule has 1 nitrogen and oxygen atoms in total. The van der Waals surface area contributed by atoms with Crippen molar-refractivity contribution in [2.24, 2.45) is 0 Å². The number of rotatable bonds is 4. The molecule has 3 rings (SSSR count). The molecule has 3 aromatic rings. The highest BCUT2D eigenvalue weighted by Crippen LogP contribution is 2.27. The number of halogens is 2. The van der Waals surface area contributed by atoms with Crippen LogP contribution in [0.25, 0.3) is 11.3 Å². The van der Waals surface area contributed by atoms with Gasteiger partial charge in [-0.25, -0.2) is 13.8 Å². The van der Waals surface area contributed by atoms with Crippen molar-refractivity contribution in [3.05, 3.63) is 76.1 Å². The Morgan fingerprint density at radius 3 is 2.29 bits per heavy atom. The van der Waals surface area contributed by atoms with Crippen LogP contribution in [0.3, 0.4) is 0 Å². The molecular formula is C17H13F2NS. The number of aryl methyl sites for hydroxylation is 2. The summed E-state index contributed by atoms with van der Waals surface area (Å²) in [6, 6.07) is 14.0. The van der Waals surface area contributed by atoms with Crippen molar-refractivity contribution in [2.75, 3.05) is 0 Å². The molecule has 2 aromatic carbocycles. The minimum atomic E-state index is -0.574. The van der Waals surface area contributed by atoms with E-state index < -0.39 is 11.6 Å². The van der Waals surface area contributed by atoms with Gasteiger partial charge in [0, 0.05) is 11.8 Å². The van der Waals surface area contributed by atoms with Crippen LogP contribution in [0.1, 0.15) is 10.6 Å². The van der Waals surface area contributed by atoms with Crippen LogP contribution in [0.15, 0.2) is 53.9 Å². The molecule has 0 saturated carbocycles. The molecule has 0 fully saturated rings. The van der Waals surface area contributed by atoms with E-state index in [1.165, 1.54) is 35.1 Å². The van der Waals surface area contributed by atoms with E-state index in [9.17, 15) is 8.78 Å². The Morgan fingerprint density at radius 1 is 0.857 bits per heavy atom. The number of hydrogen-bond acceptors (Lipinski definition) is 2. The highest BCUT2D eigenvalue weighted by molar-refractivity contribution is 7.09. The lowest BCUT2D eigenvalue weighted by molar-refractivity contribution is 0.589. The largest absolute Gasteiger partial charge is 0.241 e. The van der Waals surface area contributed by atoms with Crippen molar-refractivity contribution in [3.63, 3.8) is 0 Å². The third kappa shape index (κ3) is 3.16. The van der Waals surface area contributed by atoms with E-state index >= 15 is 0 Å². The van der Waals surface area contributed by atoms with Gasteiger partial charge in [-0.15, -0.1) is 11.3 Å². The summed E-state index contributed by atoms with van der Waals surface area (Å²) < 4.78 is 27.4. The number of hydrogen-bond donors (Lipinski definition) is 0. The topological polar surface area (TPSA) is 12.9 Å². The zero-order chi connectivity index (χ0) is 14.7. The van der Waals surface area contributed by atoms with Crippen LogP contribution in [0, 0.1) is 11.6 Å². The first-order valence-electron chi connectivity index (χ1n) is 6.67. The molecule has 0 amide bonds. The third-order valence-electron chi connectivity index (χ3n) is 3.24. The number of nitrogens with zero attached hydrogens (tertiary/aromatic N) is 1.